The third-order valence-electron chi connectivity index (χ3n) is 9.39. The number of halogens is 1. The molecule has 0 saturated carbocycles. The summed E-state index contributed by atoms with van der Waals surface area (Å²) in [5.41, 5.74) is 5.29. The van der Waals surface area contributed by atoms with E-state index in [2.05, 4.69) is 20.6 Å². The van der Waals surface area contributed by atoms with Crippen LogP contribution in [-0.4, -0.2) is 56.8 Å². The summed E-state index contributed by atoms with van der Waals surface area (Å²) in [6.45, 7) is 12.8. The summed E-state index contributed by atoms with van der Waals surface area (Å²) in [6.07, 6.45) is 2.71. The van der Waals surface area contributed by atoms with Crippen molar-refractivity contribution in [2.24, 2.45) is 0 Å². The predicted molar refractivity (Wildman–Crippen MR) is 185 cm³/mol. The van der Waals surface area contributed by atoms with E-state index in [4.69, 9.17) is 4.74 Å². The molecule has 0 fully saturated rings. The van der Waals surface area contributed by atoms with Gasteiger partial charge in [-0.2, -0.15) is 4.31 Å². The molecule has 2 atom stereocenters. The third-order valence-corrected chi connectivity index (χ3v) is 11.2. The molecular weight excluding hydrogens is 644 g/mol. The second-order valence-electron chi connectivity index (χ2n) is 13.1. The van der Waals surface area contributed by atoms with Gasteiger partial charge in [0.15, 0.2) is 0 Å². The van der Waals surface area contributed by atoms with Crippen LogP contribution < -0.4 is 10.1 Å². The smallest absolute Gasteiger partial charge is 0.253 e. The van der Waals surface area contributed by atoms with Gasteiger partial charge in [0.1, 0.15) is 28.1 Å². The predicted octanol–water partition coefficient (Wildman–Crippen LogP) is 6.30. The van der Waals surface area contributed by atoms with Gasteiger partial charge in [0, 0.05) is 30.7 Å². The number of pyridine rings is 1. The highest BCUT2D eigenvalue weighted by atomic mass is 32.2. The number of hydrogen-bond acceptors (Lipinski definition) is 7. The highest BCUT2D eigenvalue weighted by molar-refractivity contribution is 7.89. The number of para-hydroxylation sites is 1. The van der Waals surface area contributed by atoms with Gasteiger partial charge in [-0.1, -0.05) is 48.5 Å². The largest absolute Gasteiger partial charge is 0.488 e. The fourth-order valence-electron chi connectivity index (χ4n) is 6.72. The van der Waals surface area contributed by atoms with E-state index in [-0.39, 0.29) is 29.7 Å². The van der Waals surface area contributed by atoms with E-state index in [1.807, 2.05) is 76.6 Å². The van der Waals surface area contributed by atoms with Crippen molar-refractivity contribution in [2.45, 2.75) is 83.5 Å². The maximum Gasteiger partial charge on any atom is 0.253 e. The molecule has 5 aromatic rings. The van der Waals surface area contributed by atoms with Gasteiger partial charge in [-0.15, -0.1) is 5.10 Å². The molecule has 1 N–H and O–H groups in total. The zero-order valence-corrected chi connectivity index (χ0v) is 29.4. The fraction of sp³-hybridized carbons (Fsp3) is 0.351. The lowest BCUT2D eigenvalue weighted by Gasteiger charge is -2.37. The minimum atomic E-state index is -3.88. The minimum Gasteiger partial charge on any atom is -0.488 e. The average Bonchev–Trinajstić information content (AvgIpc) is 3.46. The van der Waals surface area contributed by atoms with Crippen LogP contribution in [0.4, 0.5) is 4.39 Å². The fourth-order valence-corrected chi connectivity index (χ4v) is 8.29. The molecule has 1 aliphatic heterocycles. The Morgan fingerprint density at radius 3 is 2.59 bits per heavy atom. The van der Waals surface area contributed by atoms with Gasteiger partial charge in [-0.3, -0.25) is 9.78 Å². The van der Waals surface area contributed by atoms with E-state index in [1.54, 1.807) is 24.3 Å². The van der Waals surface area contributed by atoms with Crippen LogP contribution in [0.15, 0.2) is 78.0 Å². The molecule has 3 aromatic carbocycles. The van der Waals surface area contributed by atoms with Crippen LogP contribution in [0.5, 0.6) is 5.75 Å². The highest BCUT2D eigenvalue weighted by Crippen LogP contribution is 2.40. The number of fused-ring (bicyclic) bond motifs is 2. The molecule has 2 aromatic heterocycles. The minimum absolute atomic E-state index is 0.105. The Balaban J connectivity index is 1.45. The number of sulfonamides is 1. The maximum absolute atomic E-state index is 14.1. The van der Waals surface area contributed by atoms with Gasteiger partial charge >= 0.3 is 0 Å². The lowest BCUT2D eigenvalue weighted by atomic mass is 9.74. The van der Waals surface area contributed by atoms with E-state index < -0.39 is 33.2 Å². The molecule has 3 heterocycles. The number of carbonyl (C=O) groups excluding carboxylic acids is 1. The Hall–Kier alpha value is -4.68. The van der Waals surface area contributed by atoms with Gasteiger partial charge in [0.05, 0.1) is 23.8 Å². The van der Waals surface area contributed by atoms with Crippen molar-refractivity contribution in [3.63, 3.8) is 0 Å². The molecule has 12 heteroatoms. The summed E-state index contributed by atoms with van der Waals surface area (Å²) < 4.78 is 51.6. The van der Waals surface area contributed by atoms with Crippen molar-refractivity contribution < 1.29 is 22.3 Å². The maximum atomic E-state index is 14.1. The second kappa shape index (κ2) is 13.3. The highest BCUT2D eigenvalue weighted by Gasteiger charge is 2.37. The van der Waals surface area contributed by atoms with E-state index >= 15 is 0 Å². The van der Waals surface area contributed by atoms with Crippen molar-refractivity contribution in [3.05, 3.63) is 112 Å². The number of carbonyl (C=O) groups is 1. The van der Waals surface area contributed by atoms with Gasteiger partial charge < -0.3 is 10.1 Å². The Kier molecular flexibility index (Phi) is 9.29. The molecule has 1 aliphatic rings. The standard InChI is InChI=1S/C37H41FN6O4S/c1-7-29-22-43(49(46,47)33-12-10-9-11-32(33)48-29)21-27-17-25(14-13-23(27)3)34(30-15-16-31-35(24(30)4)41-42-44(31)8-2)37(5,6)40-36(45)26-18-28(38)20-39-19-26/h9-20,29,34H,7-8,21-22H2,1-6H3,(H,40,45)/t29-,34+/m1/s1. The topological polar surface area (TPSA) is 119 Å². The first-order valence-corrected chi connectivity index (χ1v) is 17.9. The van der Waals surface area contributed by atoms with Gasteiger partial charge in [0.2, 0.25) is 10.0 Å². The molecule has 1 amide bonds. The number of nitrogens with one attached hydrogen (secondary N) is 1. The number of rotatable bonds is 9. The summed E-state index contributed by atoms with van der Waals surface area (Å²) in [4.78, 5) is 17.5. The summed E-state index contributed by atoms with van der Waals surface area (Å²) in [7, 11) is -3.88. The van der Waals surface area contributed by atoms with Crippen molar-refractivity contribution in [1.29, 1.82) is 0 Å². The van der Waals surface area contributed by atoms with Crippen LogP contribution in [0.2, 0.25) is 0 Å². The summed E-state index contributed by atoms with van der Waals surface area (Å²) >= 11 is 0. The molecule has 0 bridgehead atoms. The average molecular weight is 685 g/mol. The van der Waals surface area contributed by atoms with Crippen LogP contribution in [0.3, 0.4) is 0 Å². The summed E-state index contributed by atoms with van der Waals surface area (Å²) in [5.74, 6) is -1.14. The zero-order chi connectivity index (χ0) is 35.1. The molecule has 0 spiro atoms. The third kappa shape index (κ3) is 6.54. The Bertz CT molecular complexity index is 2150. The van der Waals surface area contributed by atoms with Gasteiger partial charge in [-0.05, 0) is 93.1 Å². The van der Waals surface area contributed by atoms with Crippen molar-refractivity contribution >= 4 is 27.0 Å². The normalized spacial score (nSPS) is 16.8. The molecule has 0 aliphatic carbocycles. The van der Waals surface area contributed by atoms with E-state index in [0.29, 0.717) is 18.7 Å². The number of ether oxygens (including phenoxy) is 1. The Labute approximate surface area is 286 Å². The summed E-state index contributed by atoms with van der Waals surface area (Å²) in [6, 6.07) is 18.0. The van der Waals surface area contributed by atoms with Crippen LogP contribution in [0.25, 0.3) is 11.0 Å². The van der Waals surface area contributed by atoms with Crippen molar-refractivity contribution in [3.8, 4) is 5.75 Å². The molecule has 256 valence electrons. The molecule has 0 unspecified atom stereocenters. The van der Waals surface area contributed by atoms with Crippen LogP contribution in [0, 0.1) is 19.7 Å². The van der Waals surface area contributed by atoms with E-state index in [9.17, 15) is 17.6 Å². The Morgan fingerprint density at radius 1 is 1.08 bits per heavy atom. The molecule has 6 rings (SSSR count). The van der Waals surface area contributed by atoms with Gasteiger partial charge in [-0.25, -0.2) is 17.5 Å². The molecule has 10 nitrogen and oxygen atoms in total. The van der Waals surface area contributed by atoms with Crippen LogP contribution >= 0.6 is 0 Å². The van der Waals surface area contributed by atoms with Gasteiger partial charge in [0.25, 0.3) is 5.91 Å². The first kappa shape index (κ1) is 34.2. The first-order chi connectivity index (χ1) is 23.3. The molecule has 0 saturated heterocycles. The molecule has 0 radical (unpaired) electrons. The number of aryl methyl sites for hydroxylation is 3. The Morgan fingerprint density at radius 2 is 1.86 bits per heavy atom. The SMILES string of the molecule is CC[C@@H]1CN(Cc2cc([C@@H](c3ccc4c(nnn4CC)c3C)C(C)(C)NC(=O)c3cncc(F)c3)ccc2C)S(=O)(=O)c2ccccc2O1. The zero-order valence-electron chi connectivity index (χ0n) is 28.6. The van der Waals surface area contributed by atoms with Crippen LogP contribution in [-0.2, 0) is 23.1 Å². The second-order valence-corrected chi connectivity index (χ2v) is 15.0. The van der Waals surface area contributed by atoms with Crippen molar-refractivity contribution in [2.75, 3.05) is 6.54 Å². The number of benzene rings is 3. The van der Waals surface area contributed by atoms with E-state index in [1.165, 1.54) is 10.5 Å². The van der Waals surface area contributed by atoms with E-state index in [0.717, 1.165) is 51.1 Å². The number of aromatic nitrogens is 4. The quantitative estimate of drug-likeness (QED) is 0.194. The molecule has 49 heavy (non-hydrogen) atoms. The van der Waals surface area contributed by atoms with Crippen LogP contribution in [0.1, 0.15) is 78.2 Å². The number of nitrogens with zero attached hydrogens (tertiary/aromatic N) is 5. The lowest BCUT2D eigenvalue weighted by molar-refractivity contribution is 0.0905. The summed E-state index contributed by atoms with van der Waals surface area (Å²) in [5, 5.41) is 12.0. The first-order valence-electron chi connectivity index (χ1n) is 16.4. The number of hydrogen-bond donors (Lipinski definition) is 1. The van der Waals surface area contributed by atoms with Crippen molar-refractivity contribution in [1.82, 2.24) is 29.6 Å². The lowest BCUT2D eigenvalue weighted by Crippen LogP contribution is -2.48. The monoisotopic (exact) mass is 684 g/mol. The molecular formula is C37H41FN6O4S. The number of amides is 1.